The van der Waals surface area contributed by atoms with Crippen molar-refractivity contribution in [2.75, 3.05) is 7.05 Å². The van der Waals surface area contributed by atoms with E-state index in [2.05, 4.69) is 34.1 Å². The zero-order valence-electron chi connectivity index (χ0n) is 12.4. The molecule has 1 unspecified atom stereocenters. The number of nitrogens with one attached hydrogen (secondary N) is 1. The third kappa shape index (κ3) is 2.54. The highest BCUT2D eigenvalue weighted by Gasteiger charge is 2.22. The maximum atomic E-state index is 4.60. The highest BCUT2D eigenvalue weighted by Crippen LogP contribution is 2.34. The number of hydrogen-bond donors (Lipinski definition) is 1. The summed E-state index contributed by atoms with van der Waals surface area (Å²) in [4.78, 5) is 7.61. The van der Waals surface area contributed by atoms with Gasteiger partial charge in [-0.05, 0) is 50.8 Å². The monoisotopic (exact) mass is 289 g/mol. The van der Waals surface area contributed by atoms with Gasteiger partial charge in [-0.3, -0.25) is 0 Å². The van der Waals surface area contributed by atoms with Crippen LogP contribution in [0.2, 0.25) is 0 Å². The van der Waals surface area contributed by atoms with Crippen molar-refractivity contribution in [2.45, 2.75) is 51.6 Å². The summed E-state index contributed by atoms with van der Waals surface area (Å²) in [5.74, 6) is 1.15. The summed E-state index contributed by atoms with van der Waals surface area (Å²) < 4.78 is 2.28. The van der Waals surface area contributed by atoms with E-state index >= 15 is 0 Å². The van der Waals surface area contributed by atoms with Crippen molar-refractivity contribution in [1.29, 1.82) is 0 Å². The van der Waals surface area contributed by atoms with Crippen molar-refractivity contribution in [1.82, 2.24) is 14.9 Å². The molecule has 4 heteroatoms. The van der Waals surface area contributed by atoms with Crippen LogP contribution in [0.5, 0.6) is 0 Å². The molecule has 20 heavy (non-hydrogen) atoms. The minimum absolute atomic E-state index is 0.229. The minimum Gasteiger partial charge on any atom is -0.333 e. The molecule has 0 spiro atoms. The van der Waals surface area contributed by atoms with Gasteiger partial charge in [0.1, 0.15) is 11.9 Å². The molecule has 3 rings (SSSR count). The number of nitrogens with zero attached hydrogens (tertiary/aromatic N) is 2. The van der Waals surface area contributed by atoms with Crippen molar-refractivity contribution in [2.24, 2.45) is 0 Å². The average molecular weight is 289 g/mol. The van der Waals surface area contributed by atoms with Crippen molar-refractivity contribution in [3.63, 3.8) is 0 Å². The number of thiophene rings is 1. The Morgan fingerprint density at radius 1 is 1.40 bits per heavy atom. The molecule has 1 atom stereocenters. The molecule has 0 radical (unpaired) electrons. The van der Waals surface area contributed by atoms with Crippen LogP contribution in [0, 0.1) is 0 Å². The van der Waals surface area contributed by atoms with Crippen molar-refractivity contribution >= 4 is 11.3 Å². The summed E-state index contributed by atoms with van der Waals surface area (Å²) in [6, 6.07) is 2.64. The third-order valence-corrected chi connectivity index (χ3v) is 5.36. The van der Waals surface area contributed by atoms with Crippen LogP contribution in [-0.2, 0) is 19.4 Å². The second kappa shape index (κ2) is 6.10. The Morgan fingerprint density at radius 2 is 2.25 bits per heavy atom. The van der Waals surface area contributed by atoms with E-state index in [0.29, 0.717) is 0 Å². The standard InChI is InChI=1S/C16H23N3S/c1-3-9-19-10-8-18-16(19)15(17-2)14-11-12-6-4-5-7-13(12)20-14/h8,10-11,15,17H,3-7,9H2,1-2H3. The van der Waals surface area contributed by atoms with E-state index in [9.17, 15) is 0 Å². The van der Waals surface area contributed by atoms with E-state index in [0.717, 1.165) is 18.8 Å². The normalized spacial score (nSPS) is 16.1. The van der Waals surface area contributed by atoms with E-state index < -0.39 is 0 Å². The van der Waals surface area contributed by atoms with Gasteiger partial charge in [-0.2, -0.15) is 0 Å². The van der Waals surface area contributed by atoms with Gasteiger partial charge in [0.05, 0.1) is 0 Å². The van der Waals surface area contributed by atoms with Crippen LogP contribution in [0.15, 0.2) is 18.5 Å². The lowest BCUT2D eigenvalue weighted by Gasteiger charge is -2.16. The molecule has 0 aliphatic heterocycles. The van der Waals surface area contributed by atoms with Crippen LogP contribution in [0.1, 0.15) is 53.4 Å². The molecule has 108 valence electrons. The Morgan fingerprint density at radius 3 is 3.00 bits per heavy atom. The Kier molecular flexibility index (Phi) is 4.22. The molecule has 0 bridgehead atoms. The summed E-state index contributed by atoms with van der Waals surface area (Å²) in [5.41, 5.74) is 1.57. The largest absolute Gasteiger partial charge is 0.333 e. The van der Waals surface area contributed by atoms with Crippen molar-refractivity contribution in [3.05, 3.63) is 39.6 Å². The lowest BCUT2D eigenvalue weighted by atomic mass is 9.99. The summed E-state index contributed by atoms with van der Waals surface area (Å²) >= 11 is 1.98. The molecular weight excluding hydrogens is 266 g/mol. The number of aromatic nitrogens is 2. The van der Waals surface area contributed by atoms with Crippen LogP contribution in [0.25, 0.3) is 0 Å². The summed E-state index contributed by atoms with van der Waals surface area (Å²) in [7, 11) is 2.04. The highest BCUT2D eigenvalue weighted by atomic mass is 32.1. The Hall–Kier alpha value is -1.13. The maximum absolute atomic E-state index is 4.60. The molecule has 3 nitrogen and oxygen atoms in total. The van der Waals surface area contributed by atoms with Gasteiger partial charge in [0, 0.05) is 28.7 Å². The lowest BCUT2D eigenvalue weighted by molar-refractivity contribution is 0.573. The van der Waals surface area contributed by atoms with Gasteiger partial charge in [-0.15, -0.1) is 11.3 Å². The van der Waals surface area contributed by atoms with Gasteiger partial charge in [0.15, 0.2) is 0 Å². The first kappa shape index (κ1) is 13.8. The number of hydrogen-bond acceptors (Lipinski definition) is 3. The number of fused-ring (bicyclic) bond motifs is 1. The first-order valence-electron chi connectivity index (χ1n) is 7.63. The van der Waals surface area contributed by atoms with Crippen LogP contribution in [0.3, 0.4) is 0 Å². The molecule has 0 aromatic carbocycles. The average Bonchev–Trinajstić information content (AvgIpc) is 3.07. The fraction of sp³-hybridized carbons (Fsp3) is 0.562. The zero-order chi connectivity index (χ0) is 13.9. The second-order valence-corrected chi connectivity index (χ2v) is 6.67. The zero-order valence-corrected chi connectivity index (χ0v) is 13.2. The van der Waals surface area contributed by atoms with Crippen LogP contribution >= 0.6 is 11.3 Å². The van der Waals surface area contributed by atoms with Gasteiger partial charge >= 0.3 is 0 Å². The van der Waals surface area contributed by atoms with Crippen LogP contribution in [0.4, 0.5) is 0 Å². The minimum atomic E-state index is 0.229. The van der Waals surface area contributed by atoms with Crippen LogP contribution < -0.4 is 5.32 Å². The first-order valence-corrected chi connectivity index (χ1v) is 8.45. The molecule has 0 fully saturated rings. The fourth-order valence-electron chi connectivity index (χ4n) is 3.07. The predicted octanol–water partition coefficient (Wildman–Crippen LogP) is 3.54. The fourth-order valence-corrected chi connectivity index (χ4v) is 4.43. The SMILES string of the molecule is CCCn1ccnc1C(NC)c1cc2c(s1)CCCC2. The third-order valence-electron chi connectivity index (χ3n) is 4.06. The second-order valence-electron chi connectivity index (χ2n) is 5.50. The van der Waals surface area contributed by atoms with E-state index in [1.807, 2.05) is 24.6 Å². The van der Waals surface area contributed by atoms with Crippen molar-refractivity contribution in [3.8, 4) is 0 Å². The number of aryl methyl sites for hydroxylation is 3. The molecule has 1 aliphatic rings. The summed E-state index contributed by atoms with van der Waals surface area (Å²) in [5, 5.41) is 3.46. The topological polar surface area (TPSA) is 29.9 Å². The highest BCUT2D eigenvalue weighted by molar-refractivity contribution is 7.12. The Balaban J connectivity index is 1.92. The van der Waals surface area contributed by atoms with Crippen LogP contribution in [-0.4, -0.2) is 16.6 Å². The molecule has 1 N–H and O–H groups in total. The molecular formula is C16H23N3S. The molecule has 0 amide bonds. The van der Waals surface area contributed by atoms with Crippen molar-refractivity contribution < 1.29 is 0 Å². The van der Waals surface area contributed by atoms with Gasteiger partial charge in [-0.1, -0.05) is 6.92 Å². The smallest absolute Gasteiger partial charge is 0.131 e. The van der Waals surface area contributed by atoms with E-state index in [1.54, 1.807) is 10.4 Å². The van der Waals surface area contributed by atoms with Gasteiger partial charge in [0.2, 0.25) is 0 Å². The van der Waals surface area contributed by atoms with Gasteiger partial charge in [0.25, 0.3) is 0 Å². The van der Waals surface area contributed by atoms with E-state index in [-0.39, 0.29) is 6.04 Å². The molecule has 2 aromatic rings. The molecule has 0 saturated carbocycles. The van der Waals surface area contributed by atoms with E-state index in [1.165, 1.54) is 30.6 Å². The van der Waals surface area contributed by atoms with Gasteiger partial charge in [-0.25, -0.2) is 4.98 Å². The Bertz CT molecular complexity index is 547. The quantitative estimate of drug-likeness (QED) is 0.912. The molecule has 1 aliphatic carbocycles. The summed E-state index contributed by atoms with van der Waals surface area (Å²) in [6.07, 6.45) is 10.4. The number of imidazole rings is 1. The predicted molar refractivity (Wildman–Crippen MR) is 84.4 cm³/mol. The molecule has 2 heterocycles. The summed E-state index contributed by atoms with van der Waals surface area (Å²) in [6.45, 7) is 3.25. The van der Waals surface area contributed by atoms with E-state index in [4.69, 9.17) is 0 Å². The Labute approximate surface area is 125 Å². The number of rotatable bonds is 5. The molecule has 0 saturated heterocycles. The first-order chi connectivity index (χ1) is 9.83. The lowest BCUT2D eigenvalue weighted by Crippen LogP contribution is -2.21. The maximum Gasteiger partial charge on any atom is 0.131 e. The van der Waals surface area contributed by atoms with Gasteiger partial charge < -0.3 is 9.88 Å². The molecule has 2 aromatic heterocycles.